The molecule has 5 nitrogen and oxygen atoms in total. The second-order valence-electron chi connectivity index (χ2n) is 8.66. The molecule has 2 N–H and O–H groups in total. The lowest BCUT2D eigenvalue weighted by Crippen LogP contribution is -2.44. The van der Waals surface area contributed by atoms with E-state index in [0.29, 0.717) is 25.8 Å². The molecule has 1 fully saturated rings. The Labute approximate surface area is 193 Å². The number of nitrogens with zero attached hydrogens (tertiary/aromatic N) is 1. The minimum Gasteiger partial charge on any atom is -0.350 e. The van der Waals surface area contributed by atoms with Gasteiger partial charge in [0.05, 0.1) is 17.2 Å². The van der Waals surface area contributed by atoms with Gasteiger partial charge in [-0.1, -0.05) is 60.2 Å². The van der Waals surface area contributed by atoms with Crippen molar-refractivity contribution in [2.45, 2.75) is 57.5 Å². The molecule has 3 aromatic rings. The molecule has 0 radical (unpaired) electrons. The molecule has 0 aliphatic carbocycles. The van der Waals surface area contributed by atoms with Gasteiger partial charge in [0.2, 0.25) is 11.8 Å². The Morgan fingerprint density at radius 2 is 1.91 bits per heavy atom. The van der Waals surface area contributed by atoms with E-state index < -0.39 is 0 Å². The zero-order valence-electron chi connectivity index (χ0n) is 18.4. The lowest BCUT2D eigenvalue weighted by Gasteiger charge is -2.29. The Morgan fingerprint density at radius 1 is 1.12 bits per heavy atom. The van der Waals surface area contributed by atoms with Crippen molar-refractivity contribution in [3.05, 3.63) is 87.4 Å². The summed E-state index contributed by atoms with van der Waals surface area (Å²) in [6.45, 7) is 2.50. The van der Waals surface area contributed by atoms with Crippen molar-refractivity contribution in [1.82, 2.24) is 15.6 Å². The number of amides is 2. The number of hydrogen-bond donors (Lipinski definition) is 2. The average Bonchev–Trinajstić information content (AvgIpc) is 3.40. The molecule has 1 saturated heterocycles. The highest BCUT2D eigenvalue weighted by molar-refractivity contribution is 7.09. The summed E-state index contributed by atoms with van der Waals surface area (Å²) in [5.41, 5.74) is 4.18. The van der Waals surface area contributed by atoms with Crippen LogP contribution in [0.4, 0.5) is 0 Å². The molecule has 0 saturated carbocycles. The van der Waals surface area contributed by atoms with Crippen LogP contribution in [0.5, 0.6) is 0 Å². The topological polar surface area (TPSA) is 71.1 Å². The molecule has 2 heterocycles. The van der Waals surface area contributed by atoms with Crippen molar-refractivity contribution in [3.8, 4) is 0 Å². The van der Waals surface area contributed by atoms with E-state index in [1.54, 1.807) is 11.3 Å². The molecule has 1 unspecified atom stereocenters. The second-order valence-corrected chi connectivity index (χ2v) is 9.61. The zero-order chi connectivity index (χ0) is 22.4. The van der Waals surface area contributed by atoms with Crippen LogP contribution in [-0.2, 0) is 29.0 Å². The van der Waals surface area contributed by atoms with Gasteiger partial charge in [-0.2, -0.15) is 0 Å². The van der Waals surface area contributed by atoms with Gasteiger partial charge in [-0.15, -0.1) is 11.3 Å². The lowest BCUT2D eigenvalue weighted by molar-refractivity contribution is -0.122. The van der Waals surface area contributed by atoms with Crippen molar-refractivity contribution >= 4 is 23.2 Å². The summed E-state index contributed by atoms with van der Waals surface area (Å²) in [5.74, 6) is 0.0676. The fourth-order valence-corrected chi connectivity index (χ4v) is 5.02. The maximum atomic E-state index is 12.5. The molecule has 2 aromatic carbocycles. The van der Waals surface area contributed by atoms with Crippen molar-refractivity contribution in [3.63, 3.8) is 0 Å². The largest absolute Gasteiger partial charge is 0.350 e. The van der Waals surface area contributed by atoms with Gasteiger partial charge in [-0.3, -0.25) is 9.59 Å². The summed E-state index contributed by atoms with van der Waals surface area (Å²) >= 11 is 1.62. The van der Waals surface area contributed by atoms with Gasteiger partial charge in [0.15, 0.2) is 0 Å². The highest BCUT2D eigenvalue weighted by Gasteiger charge is 2.37. The number of nitrogens with one attached hydrogen (secondary N) is 2. The van der Waals surface area contributed by atoms with Gasteiger partial charge >= 0.3 is 0 Å². The normalized spacial score (nSPS) is 17.8. The van der Waals surface area contributed by atoms with Gasteiger partial charge in [0, 0.05) is 30.2 Å². The van der Waals surface area contributed by atoms with Crippen LogP contribution in [0.15, 0.2) is 60.0 Å². The van der Waals surface area contributed by atoms with Gasteiger partial charge in [-0.05, 0) is 37.3 Å². The maximum Gasteiger partial charge on any atom is 0.220 e. The number of aromatic nitrogens is 1. The maximum absolute atomic E-state index is 12.5. The summed E-state index contributed by atoms with van der Waals surface area (Å²) < 4.78 is 0. The van der Waals surface area contributed by atoms with E-state index >= 15 is 0 Å². The Hall–Kier alpha value is -2.99. The molecular weight excluding hydrogens is 418 g/mol. The van der Waals surface area contributed by atoms with Crippen molar-refractivity contribution in [2.75, 3.05) is 0 Å². The first-order valence-corrected chi connectivity index (χ1v) is 12.0. The molecule has 32 heavy (non-hydrogen) atoms. The number of aryl methyl sites for hydroxylation is 1. The number of thiazole rings is 1. The number of benzene rings is 2. The molecule has 0 spiro atoms. The number of carbonyl (C=O) groups excluding carboxylic acids is 2. The quantitative estimate of drug-likeness (QED) is 0.513. The third-order valence-electron chi connectivity index (χ3n) is 5.99. The lowest BCUT2D eigenvalue weighted by atomic mass is 9.84. The predicted molar refractivity (Wildman–Crippen MR) is 127 cm³/mol. The van der Waals surface area contributed by atoms with Crippen LogP contribution in [0.3, 0.4) is 0 Å². The van der Waals surface area contributed by atoms with Crippen molar-refractivity contribution in [1.29, 1.82) is 0 Å². The predicted octanol–water partition coefficient (Wildman–Crippen LogP) is 4.33. The van der Waals surface area contributed by atoms with E-state index in [0.717, 1.165) is 30.0 Å². The first kappa shape index (κ1) is 22.2. The van der Waals surface area contributed by atoms with E-state index in [2.05, 4.69) is 58.9 Å². The third-order valence-corrected chi connectivity index (χ3v) is 6.89. The molecule has 166 valence electrons. The second kappa shape index (κ2) is 10.1. The monoisotopic (exact) mass is 447 g/mol. The summed E-state index contributed by atoms with van der Waals surface area (Å²) in [6.07, 6.45) is 3.86. The molecule has 6 heteroatoms. The Balaban J connectivity index is 1.28. The van der Waals surface area contributed by atoms with Crippen LogP contribution >= 0.6 is 11.3 Å². The highest BCUT2D eigenvalue weighted by atomic mass is 32.1. The average molecular weight is 448 g/mol. The zero-order valence-corrected chi connectivity index (χ0v) is 19.2. The Kier molecular flexibility index (Phi) is 7.00. The standard InChI is InChI=1S/C26H29N3O2S/c1-19-7-9-21(10-8-19)16-26(14-12-24(31)29-26)13-11-23(30)27-17-22-18-32-25(28-22)15-20-5-3-2-4-6-20/h2-10,18H,11-17H2,1H3,(H,27,30)(H,29,31). The highest BCUT2D eigenvalue weighted by Crippen LogP contribution is 2.29. The van der Waals surface area contributed by atoms with E-state index in [1.165, 1.54) is 16.7 Å². The first-order chi connectivity index (χ1) is 15.5. The fraction of sp³-hybridized carbons (Fsp3) is 0.346. The molecule has 1 aromatic heterocycles. The Bertz CT molecular complexity index is 1060. The number of rotatable bonds is 9. The van der Waals surface area contributed by atoms with Crippen molar-refractivity contribution < 1.29 is 9.59 Å². The van der Waals surface area contributed by atoms with Crippen LogP contribution in [-0.4, -0.2) is 22.3 Å². The van der Waals surface area contributed by atoms with Gasteiger partial charge < -0.3 is 10.6 Å². The van der Waals surface area contributed by atoms with E-state index in [9.17, 15) is 9.59 Å². The first-order valence-electron chi connectivity index (χ1n) is 11.1. The smallest absolute Gasteiger partial charge is 0.220 e. The molecular formula is C26H29N3O2S. The summed E-state index contributed by atoms with van der Waals surface area (Å²) in [5, 5.41) is 9.20. The minimum absolute atomic E-state index is 0.00737. The van der Waals surface area contributed by atoms with Gasteiger partial charge in [0.25, 0.3) is 0 Å². The molecule has 1 atom stereocenters. The third kappa shape index (κ3) is 6.04. The molecule has 4 rings (SSSR count). The molecule has 1 aliphatic rings. The fourth-order valence-electron chi connectivity index (χ4n) is 4.19. The molecule has 2 amide bonds. The molecule has 1 aliphatic heterocycles. The number of carbonyl (C=O) groups is 2. The van der Waals surface area contributed by atoms with Crippen LogP contribution in [0.25, 0.3) is 0 Å². The molecule has 0 bridgehead atoms. The number of hydrogen-bond acceptors (Lipinski definition) is 4. The van der Waals surface area contributed by atoms with Crippen molar-refractivity contribution in [2.24, 2.45) is 0 Å². The Morgan fingerprint density at radius 3 is 2.62 bits per heavy atom. The van der Waals surface area contributed by atoms with E-state index in [4.69, 9.17) is 0 Å². The van der Waals surface area contributed by atoms with E-state index in [-0.39, 0.29) is 17.4 Å². The van der Waals surface area contributed by atoms with Gasteiger partial charge in [-0.25, -0.2) is 4.98 Å². The van der Waals surface area contributed by atoms with Crippen LogP contribution in [0, 0.1) is 6.92 Å². The van der Waals surface area contributed by atoms with Crippen LogP contribution in [0.1, 0.15) is 53.1 Å². The van der Waals surface area contributed by atoms with Crippen LogP contribution in [0.2, 0.25) is 0 Å². The summed E-state index contributed by atoms with van der Waals surface area (Å²) in [6, 6.07) is 18.7. The minimum atomic E-state index is -0.340. The summed E-state index contributed by atoms with van der Waals surface area (Å²) in [7, 11) is 0. The summed E-state index contributed by atoms with van der Waals surface area (Å²) in [4.78, 5) is 29.2. The van der Waals surface area contributed by atoms with Crippen LogP contribution < -0.4 is 10.6 Å². The van der Waals surface area contributed by atoms with Gasteiger partial charge in [0.1, 0.15) is 0 Å². The SMILES string of the molecule is Cc1ccc(CC2(CCC(=O)NCc3csc(Cc4ccccc4)n3)CCC(=O)N2)cc1. The van der Waals surface area contributed by atoms with E-state index in [1.807, 2.05) is 23.6 Å².